The van der Waals surface area contributed by atoms with Crippen LogP contribution in [0.25, 0.3) is 10.9 Å². The first kappa shape index (κ1) is 13.7. The summed E-state index contributed by atoms with van der Waals surface area (Å²) in [6.45, 7) is 7.99. The van der Waals surface area contributed by atoms with Crippen molar-refractivity contribution in [2.75, 3.05) is 11.9 Å². The number of aryl methyl sites for hydroxylation is 2. The minimum atomic E-state index is -0.475. The molecule has 0 fully saturated rings. The van der Waals surface area contributed by atoms with E-state index in [0.717, 1.165) is 12.0 Å². The second kappa shape index (κ2) is 5.11. The molecule has 19 heavy (non-hydrogen) atoms. The molecular formula is C15H18F2N2. The van der Waals surface area contributed by atoms with Gasteiger partial charge in [-0.15, -0.1) is 0 Å². The number of hydrogen-bond donors (Lipinski definition) is 1. The number of hydrogen-bond acceptors (Lipinski definition) is 2. The van der Waals surface area contributed by atoms with E-state index in [1.54, 1.807) is 6.92 Å². The number of pyridine rings is 1. The topological polar surface area (TPSA) is 24.9 Å². The van der Waals surface area contributed by atoms with Crippen molar-refractivity contribution in [1.29, 1.82) is 0 Å². The van der Waals surface area contributed by atoms with Crippen LogP contribution in [-0.2, 0) is 0 Å². The van der Waals surface area contributed by atoms with Gasteiger partial charge in [-0.3, -0.25) is 0 Å². The number of benzene rings is 1. The molecule has 1 N–H and O–H groups in total. The van der Waals surface area contributed by atoms with Crippen molar-refractivity contribution in [3.05, 3.63) is 34.5 Å². The lowest BCUT2D eigenvalue weighted by molar-refractivity contribution is 0.607. The van der Waals surface area contributed by atoms with Gasteiger partial charge in [-0.1, -0.05) is 6.92 Å². The summed E-state index contributed by atoms with van der Waals surface area (Å²) in [5.41, 5.74) is 2.64. The van der Waals surface area contributed by atoms with E-state index >= 15 is 0 Å². The highest BCUT2D eigenvalue weighted by molar-refractivity contribution is 5.94. The van der Waals surface area contributed by atoms with Gasteiger partial charge in [-0.2, -0.15) is 0 Å². The second-order valence-corrected chi connectivity index (χ2v) is 4.84. The third kappa shape index (κ3) is 2.27. The van der Waals surface area contributed by atoms with Gasteiger partial charge in [-0.05, 0) is 44.4 Å². The van der Waals surface area contributed by atoms with Gasteiger partial charge in [0.15, 0.2) is 0 Å². The Hall–Kier alpha value is -1.71. The van der Waals surface area contributed by atoms with Crippen LogP contribution in [0.2, 0.25) is 0 Å². The van der Waals surface area contributed by atoms with Crippen LogP contribution in [-0.4, -0.2) is 11.5 Å². The number of fused-ring (bicyclic) bond motifs is 1. The largest absolute Gasteiger partial charge is 0.384 e. The summed E-state index contributed by atoms with van der Waals surface area (Å²) in [7, 11) is 0. The first-order valence-corrected chi connectivity index (χ1v) is 6.46. The number of nitrogens with zero attached hydrogens (tertiary/aromatic N) is 1. The summed E-state index contributed by atoms with van der Waals surface area (Å²) >= 11 is 0. The lowest BCUT2D eigenvalue weighted by Gasteiger charge is -2.16. The van der Waals surface area contributed by atoms with Crippen molar-refractivity contribution in [1.82, 2.24) is 4.98 Å². The molecule has 0 aliphatic rings. The molecule has 2 aromatic rings. The molecule has 0 unspecified atom stereocenters. The Morgan fingerprint density at radius 3 is 2.53 bits per heavy atom. The van der Waals surface area contributed by atoms with Crippen LogP contribution < -0.4 is 5.32 Å². The predicted octanol–water partition coefficient (Wildman–Crippen LogP) is 4.26. The summed E-state index contributed by atoms with van der Waals surface area (Å²) in [5.74, 6) is -0.873. The number of anilines is 1. The molecule has 2 nitrogen and oxygen atoms in total. The van der Waals surface area contributed by atoms with E-state index in [1.807, 2.05) is 20.8 Å². The molecule has 0 aliphatic carbocycles. The third-order valence-electron chi connectivity index (χ3n) is 3.37. The predicted molar refractivity (Wildman–Crippen MR) is 74.7 cm³/mol. The molecule has 0 atom stereocenters. The van der Waals surface area contributed by atoms with E-state index in [1.165, 1.54) is 6.07 Å². The number of nitrogens with one attached hydrogen (secondary N) is 1. The van der Waals surface area contributed by atoms with Gasteiger partial charge < -0.3 is 5.32 Å². The first-order valence-electron chi connectivity index (χ1n) is 6.46. The zero-order valence-corrected chi connectivity index (χ0v) is 11.7. The van der Waals surface area contributed by atoms with Crippen LogP contribution >= 0.6 is 0 Å². The van der Waals surface area contributed by atoms with Crippen LogP contribution in [0, 0.1) is 32.4 Å². The van der Waals surface area contributed by atoms with E-state index in [4.69, 9.17) is 0 Å². The quantitative estimate of drug-likeness (QED) is 0.896. The smallest absolute Gasteiger partial charge is 0.149 e. The average molecular weight is 264 g/mol. The Balaban J connectivity index is 2.85. The lowest BCUT2D eigenvalue weighted by atomic mass is 10.0. The highest BCUT2D eigenvalue weighted by Crippen LogP contribution is 2.33. The number of rotatable bonds is 3. The van der Waals surface area contributed by atoms with Crippen molar-refractivity contribution in [2.24, 2.45) is 0 Å². The number of aromatic nitrogens is 1. The Labute approximate surface area is 111 Å². The van der Waals surface area contributed by atoms with Gasteiger partial charge >= 0.3 is 0 Å². The summed E-state index contributed by atoms with van der Waals surface area (Å²) < 4.78 is 28.3. The monoisotopic (exact) mass is 264 g/mol. The molecule has 4 heteroatoms. The minimum Gasteiger partial charge on any atom is -0.384 e. The Morgan fingerprint density at radius 1 is 1.21 bits per heavy atom. The molecule has 102 valence electrons. The van der Waals surface area contributed by atoms with Crippen LogP contribution in [0.1, 0.15) is 30.2 Å². The van der Waals surface area contributed by atoms with Gasteiger partial charge in [0, 0.05) is 12.2 Å². The zero-order chi connectivity index (χ0) is 14.2. The van der Waals surface area contributed by atoms with Crippen LogP contribution in [0.3, 0.4) is 0 Å². The number of halogens is 2. The van der Waals surface area contributed by atoms with E-state index in [0.29, 0.717) is 23.5 Å². The fourth-order valence-electron chi connectivity index (χ4n) is 2.17. The molecule has 1 aromatic carbocycles. The van der Waals surface area contributed by atoms with E-state index in [2.05, 4.69) is 10.3 Å². The van der Waals surface area contributed by atoms with Crippen molar-refractivity contribution in [2.45, 2.75) is 34.1 Å². The second-order valence-electron chi connectivity index (χ2n) is 4.84. The molecule has 0 spiro atoms. The van der Waals surface area contributed by atoms with Crippen molar-refractivity contribution in [3.8, 4) is 0 Å². The van der Waals surface area contributed by atoms with Crippen LogP contribution in [0.5, 0.6) is 0 Å². The van der Waals surface area contributed by atoms with E-state index in [9.17, 15) is 8.78 Å². The normalized spacial score (nSPS) is 11.1. The maximum atomic E-state index is 14.3. The summed E-state index contributed by atoms with van der Waals surface area (Å²) in [4.78, 5) is 4.19. The molecule has 1 aromatic heterocycles. The van der Waals surface area contributed by atoms with Gasteiger partial charge in [-0.25, -0.2) is 13.8 Å². The Bertz CT molecular complexity index is 636. The van der Waals surface area contributed by atoms with Crippen LogP contribution in [0.15, 0.2) is 6.07 Å². The highest BCUT2D eigenvalue weighted by Gasteiger charge is 2.18. The zero-order valence-electron chi connectivity index (χ0n) is 11.7. The average Bonchev–Trinajstić information content (AvgIpc) is 2.37. The molecule has 0 amide bonds. The first-order chi connectivity index (χ1) is 8.97. The molecule has 0 saturated carbocycles. The molecule has 0 radical (unpaired) electrons. The highest BCUT2D eigenvalue weighted by atomic mass is 19.1. The summed E-state index contributed by atoms with van der Waals surface area (Å²) in [5, 5.41) is 3.45. The van der Waals surface area contributed by atoms with Crippen molar-refractivity contribution < 1.29 is 8.78 Å². The van der Waals surface area contributed by atoms with Crippen LogP contribution in [0.4, 0.5) is 14.5 Å². The Kier molecular flexibility index (Phi) is 3.69. The molecule has 1 heterocycles. The minimum absolute atomic E-state index is 0.102. The molecule has 0 aliphatic heterocycles. The molecule has 2 rings (SSSR count). The van der Waals surface area contributed by atoms with Crippen molar-refractivity contribution in [3.63, 3.8) is 0 Å². The van der Waals surface area contributed by atoms with Gasteiger partial charge in [0.2, 0.25) is 0 Å². The van der Waals surface area contributed by atoms with E-state index in [-0.39, 0.29) is 10.9 Å². The molecule has 0 saturated heterocycles. The summed E-state index contributed by atoms with van der Waals surface area (Å²) in [6, 6.07) is 1.20. The third-order valence-corrected chi connectivity index (χ3v) is 3.37. The maximum absolute atomic E-state index is 14.3. The SMILES string of the molecule is CCCNc1c(C)c(C)nc2c(F)cc(C)c(F)c12. The van der Waals surface area contributed by atoms with Gasteiger partial charge in [0.05, 0.1) is 11.1 Å². The maximum Gasteiger partial charge on any atom is 0.149 e. The Morgan fingerprint density at radius 2 is 1.89 bits per heavy atom. The van der Waals surface area contributed by atoms with Crippen molar-refractivity contribution >= 4 is 16.6 Å². The van der Waals surface area contributed by atoms with Gasteiger partial charge in [0.1, 0.15) is 17.2 Å². The van der Waals surface area contributed by atoms with Gasteiger partial charge in [0.25, 0.3) is 0 Å². The summed E-state index contributed by atoms with van der Waals surface area (Å²) in [6.07, 6.45) is 0.915. The lowest BCUT2D eigenvalue weighted by Crippen LogP contribution is -2.07. The van der Waals surface area contributed by atoms with E-state index < -0.39 is 11.6 Å². The standard InChI is InChI=1S/C15H18F2N2/c1-5-6-18-14-9(3)10(4)19-15-11(16)7-8(2)13(17)12(14)15/h7H,5-6H2,1-4H3,(H,18,19). The molecular weight excluding hydrogens is 246 g/mol. The molecule has 0 bridgehead atoms. The fourth-order valence-corrected chi connectivity index (χ4v) is 2.17. The fraction of sp³-hybridized carbons (Fsp3) is 0.400.